The maximum Gasteiger partial charge on any atom is 0.306 e. The molecule has 16 heavy (non-hydrogen) atoms. The summed E-state index contributed by atoms with van der Waals surface area (Å²) in [5, 5.41) is 12.0. The van der Waals surface area contributed by atoms with Crippen molar-refractivity contribution in [3.05, 3.63) is 0 Å². The van der Waals surface area contributed by atoms with Crippen LogP contribution in [0.4, 0.5) is 0 Å². The van der Waals surface area contributed by atoms with E-state index in [1.165, 1.54) is 0 Å². The average molecular weight is 231 g/mol. The summed E-state index contributed by atoms with van der Waals surface area (Å²) < 4.78 is 0. The van der Waals surface area contributed by atoms with E-state index in [1.807, 2.05) is 27.7 Å². The van der Waals surface area contributed by atoms with E-state index in [1.54, 1.807) is 6.92 Å². The van der Waals surface area contributed by atoms with Crippen LogP contribution in [0.5, 0.6) is 0 Å². The van der Waals surface area contributed by atoms with Gasteiger partial charge < -0.3 is 10.4 Å². The second-order valence-corrected chi connectivity index (χ2v) is 3.67. The van der Waals surface area contributed by atoms with E-state index < -0.39 is 5.97 Å². The molecular formula is C13H29NO2. The van der Waals surface area contributed by atoms with Crippen LogP contribution in [0.25, 0.3) is 0 Å². The Morgan fingerprint density at radius 2 is 1.69 bits per heavy atom. The number of nitrogens with one attached hydrogen (secondary N) is 1. The summed E-state index contributed by atoms with van der Waals surface area (Å²) in [5.74, 6) is -0.209. The summed E-state index contributed by atoms with van der Waals surface area (Å²) in [5.41, 5.74) is 0. The Labute approximate surface area is 101 Å². The van der Waals surface area contributed by atoms with Crippen LogP contribution in [0.3, 0.4) is 0 Å². The molecule has 1 aliphatic heterocycles. The van der Waals surface area contributed by atoms with Crippen LogP contribution in [0.1, 0.15) is 53.9 Å². The van der Waals surface area contributed by atoms with E-state index in [0.29, 0.717) is 5.92 Å². The Balaban J connectivity index is 0. The summed E-state index contributed by atoms with van der Waals surface area (Å²) in [6, 6.07) is 0. The molecule has 0 amide bonds. The van der Waals surface area contributed by atoms with E-state index in [9.17, 15) is 4.79 Å². The molecule has 0 bridgehead atoms. The van der Waals surface area contributed by atoms with Gasteiger partial charge in [-0.05, 0) is 38.3 Å². The van der Waals surface area contributed by atoms with Crippen LogP contribution in [0.2, 0.25) is 0 Å². The van der Waals surface area contributed by atoms with Crippen molar-refractivity contribution in [1.82, 2.24) is 5.32 Å². The molecule has 0 radical (unpaired) electrons. The third-order valence-electron chi connectivity index (χ3n) is 2.57. The van der Waals surface area contributed by atoms with Gasteiger partial charge in [-0.25, -0.2) is 0 Å². The molecule has 3 heteroatoms. The topological polar surface area (TPSA) is 49.3 Å². The first-order valence-corrected chi connectivity index (χ1v) is 6.63. The highest BCUT2D eigenvalue weighted by atomic mass is 16.4. The first kappa shape index (κ1) is 17.8. The quantitative estimate of drug-likeness (QED) is 0.784. The van der Waals surface area contributed by atoms with Gasteiger partial charge >= 0.3 is 5.97 Å². The van der Waals surface area contributed by atoms with Gasteiger partial charge in [-0.3, -0.25) is 4.79 Å². The fourth-order valence-corrected chi connectivity index (χ4v) is 1.72. The van der Waals surface area contributed by atoms with Crippen molar-refractivity contribution < 1.29 is 9.90 Å². The van der Waals surface area contributed by atoms with E-state index >= 15 is 0 Å². The molecule has 1 rings (SSSR count). The van der Waals surface area contributed by atoms with Crippen LogP contribution >= 0.6 is 0 Å². The lowest BCUT2D eigenvalue weighted by molar-refractivity contribution is -0.141. The summed E-state index contributed by atoms with van der Waals surface area (Å²) in [7, 11) is 0. The van der Waals surface area contributed by atoms with Gasteiger partial charge in [0.1, 0.15) is 0 Å². The number of aliphatic carboxylic acids is 1. The number of hydrogen-bond acceptors (Lipinski definition) is 2. The van der Waals surface area contributed by atoms with Crippen molar-refractivity contribution in [2.45, 2.75) is 53.9 Å². The minimum absolute atomic E-state index is 0.173. The van der Waals surface area contributed by atoms with Crippen LogP contribution in [0, 0.1) is 11.8 Å². The van der Waals surface area contributed by atoms with Crippen molar-refractivity contribution in [2.24, 2.45) is 11.8 Å². The predicted octanol–water partition coefficient (Wildman–Crippen LogP) is 3.15. The largest absolute Gasteiger partial charge is 0.481 e. The normalized spacial score (nSPS) is 17.3. The Morgan fingerprint density at radius 1 is 1.25 bits per heavy atom. The highest BCUT2D eigenvalue weighted by Gasteiger charge is 2.19. The molecule has 0 aromatic carbocycles. The molecule has 1 fully saturated rings. The van der Waals surface area contributed by atoms with Gasteiger partial charge in [0.15, 0.2) is 0 Å². The fourth-order valence-electron chi connectivity index (χ4n) is 1.72. The first-order valence-electron chi connectivity index (χ1n) is 6.63. The van der Waals surface area contributed by atoms with Gasteiger partial charge in [-0.15, -0.1) is 0 Å². The summed E-state index contributed by atoms with van der Waals surface area (Å²) in [6.07, 6.45) is 3.12. The third kappa shape index (κ3) is 8.72. The molecular weight excluding hydrogens is 202 g/mol. The standard InChI is InChI=1S/C9H17NO2.2C2H6/c1-7(9(11)12)6-8-2-4-10-5-3-8;2*1-2/h7-8,10H,2-6H2,1H3,(H,11,12);2*1-2H3. The third-order valence-corrected chi connectivity index (χ3v) is 2.57. The monoisotopic (exact) mass is 231 g/mol. The van der Waals surface area contributed by atoms with Gasteiger partial charge in [0.05, 0.1) is 5.92 Å². The van der Waals surface area contributed by atoms with Crippen LogP contribution in [-0.2, 0) is 4.79 Å². The Bertz CT molecular complexity index is 154. The number of piperidine rings is 1. The van der Waals surface area contributed by atoms with E-state index in [-0.39, 0.29) is 5.92 Å². The lowest BCUT2D eigenvalue weighted by Crippen LogP contribution is -2.29. The molecule has 1 unspecified atom stereocenters. The highest BCUT2D eigenvalue weighted by Crippen LogP contribution is 2.20. The lowest BCUT2D eigenvalue weighted by atomic mass is 9.89. The van der Waals surface area contributed by atoms with Crippen molar-refractivity contribution in [3.63, 3.8) is 0 Å². The molecule has 1 aliphatic rings. The van der Waals surface area contributed by atoms with Crippen molar-refractivity contribution in [1.29, 1.82) is 0 Å². The number of carbonyl (C=O) groups is 1. The van der Waals surface area contributed by atoms with Crippen molar-refractivity contribution in [2.75, 3.05) is 13.1 Å². The highest BCUT2D eigenvalue weighted by molar-refractivity contribution is 5.69. The lowest BCUT2D eigenvalue weighted by Gasteiger charge is -2.23. The molecule has 2 N–H and O–H groups in total. The minimum Gasteiger partial charge on any atom is -0.481 e. The minimum atomic E-state index is -0.659. The van der Waals surface area contributed by atoms with Crippen LogP contribution in [-0.4, -0.2) is 24.2 Å². The second-order valence-electron chi connectivity index (χ2n) is 3.67. The zero-order chi connectivity index (χ0) is 13.0. The van der Waals surface area contributed by atoms with Gasteiger partial charge in [0.2, 0.25) is 0 Å². The molecule has 0 saturated carbocycles. The van der Waals surface area contributed by atoms with Crippen molar-refractivity contribution in [3.8, 4) is 0 Å². The Hall–Kier alpha value is -0.570. The summed E-state index contributed by atoms with van der Waals surface area (Å²) in [6.45, 7) is 11.9. The van der Waals surface area contributed by atoms with Gasteiger partial charge in [-0.2, -0.15) is 0 Å². The van der Waals surface area contributed by atoms with Crippen molar-refractivity contribution >= 4 is 5.97 Å². The van der Waals surface area contributed by atoms with Crippen LogP contribution < -0.4 is 5.32 Å². The second kappa shape index (κ2) is 12.5. The van der Waals surface area contributed by atoms with E-state index in [2.05, 4.69) is 5.32 Å². The zero-order valence-corrected chi connectivity index (χ0v) is 11.5. The van der Waals surface area contributed by atoms with Gasteiger partial charge in [0.25, 0.3) is 0 Å². The summed E-state index contributed by atoms with van der Waals surface area (Å²) >= 11 is 0. The van der Waals surface area contributed by atoms with E-state index in [4.69, 9.17) is 5.11 Å². The molecule has 0 aliphatic carbocycles. The van der Waals surface area contributed by atoms with Gasteiger partial charge in [0, 0.05) is 0 Å². The number of rotatable bonds is 3. The number of carboxylic acids is 1. The van der Waals surface area contributed by atoms with Crippen LogP contribution in [0.15, 0.2) is 0 Å². The molecule has 0 spiro atoms. The van der Waals surface area contributed by atoms with E-state index in [0.717, 1.165) is 32.4 Å². The molecule has 1 heterocycles. The molecule has 1 saturated heterocycles. The molecule has 0 aromatic rings. The predicted molar refractivity (Wildman–Crippen MR) is 69.7 cm³/mol. The molecule has 3 nitrogen and oxygen atoms in total. The maximum atomic E-state index is 10.6. The fraction of sp³-hybridized carbons (Fsp3) is 0.923. The summed E-state index contributed by atoms with van der Waals surface area (Å²) in [4.78, 5) is 10.6. The Kier molecular flexibility index (Phi) is 13.9. The molecule has 0 aromatic heterocycles. The SMILES string of the molecule is CC.CC.CC(CC1CCNCC1)C(=O)O. The first-order chi connectivity index (χ1) is 7.70. The molecule has 1 atom stereocenters. The number of carboxylic acid groups (broad SMARTS) is 1. The number of hydrogen-bond donors (Lipinski definition) is 2. The Morgan fingerprint density at radius 3 is 2.06 bits per heavy atom. The smallest absolute Gasteiger partial charge is 0.306 e. The maximum absolute atomic E-state index is 10.6. The van der Waals surface area contributed by atoms with Gasteiger partial charge in [-0.1, -0.05) is 34.6 Å². The average Bonchev–Trinajstić information content (AvgIpc) is 2.35. The molecule has 98 valence electrons. The zero-order valence-electron chi connectivity index (χ0n) is 11.5.